The fraction of sp³-hybridized carbons (Fsp3) is 0.462. The van der Waals surface area contributed by atoms with Crippen molar-refractivity contribution in [2.24, 2.45) is 11.7 Å². The zero-order chi connectivity index (χ0) is 17.4. The summed E-state index contributed by atoms with van der Waals surface area (Å²) in [6.45, 7) is 0.476. The third kappa shape index (κ3) is 3.66. The molecule has 1 saturated heterocycles. The number of nitrogens with zero attached hydrogens (tertiary/aromatic N) is 2. The van der Waals surface area contributed by atoms with Crippen molar-refractivity contribution in [2.45, 2.75) is 19.0 Å². The van der Waals surface area contributed by atoms with Crippen molar-refractivity contribution < 1.29 is 22.9 Å². The van der Waals surface area contributed by atoms with Crippen LogP contribution in [0.3, 0.4) is 0 Å². The molecule has 10 heteroatoms. The lowest BCUT2D eigenvalue weighted by atomic mass is 9.96. The molecule has 0 spiro atoms. The van der Waals surface area contributed by atoms with Gasteiger partial charge in [-0.25, -0.2) is 0 Å². The normalized spacial score (nSPS) is 18.8. The minimum Gasteiger partial charge on any atom is -0.369 e. The summed E-state index contributed by atoms with van der Waals surface area (Å²) in [5, 5.41) is 10.5. The number of primary amides is 1. The second-order valence-corrected chi connectivity index (χ2v) is 5.67. The van der Waals surface area contributed by atoms with Crippen molar-refractivity contribution in [3.8, 4) is 0 Å². The maximum absolute atomic E-state index is 12.9. The van der Waals surface area contributed by atoms with Gasteiger partial charge in [0.1, 0.15) is 5.69 Å². The smallest absolute Gasteiger partial charge is 0.369 e. The van der Waals surface area contributed by atoms with Gasteiger partial charge in [-0.05, 0) is 18.9 Å². The average molecular weight is 352 g/mol. The highest BCUT2D eigenvalue weighted by Gasteiger charge is 2.37. The number of alkyl halides is 3. The quantitative estimate of drug-likeness (QED) is 0.669. The highest BCUT2D eigenvalue weighted by atomic mass is 35.5. The molecule has 126 valence electrons. The minimum atomic E-state index is -4.79. The van der Waals surface area contributed by atoms with Crippen LogP contribution >= 0.6 is 11.6 Å². The molecule has 1 aliphatic heterocycles. The summed E-state index contributed by atoms with van der Waals surface area (Å²) in [4.78, 5) is 23.0. The van der Waals surface area contributed by atoms with E-state index >= 15 is 0 Å². The molecule has 1 amide bonds. The number of rotatable bonds is 3. The molecule has 0 saturated carbocycles. The molecular weight excluding hydrogens is 339 g/mol. The van der Waals surface area contributed by atoms with Gasteiger partial charge in [0.15, 0.2) is 0 Å². The summed E-state index contributed by atoms with van der Waals surface area (Å²) >= 11 is 5.65. The van der Waals surface area contributed by atoms with Crippen molar-refractivity contribution in [3.63, 3.8) is 0 Å². The number of anilines is 1. The number of nitro benzene ring substituents is 1. The molecule has 1 atom stereocenters. The lowest BCUT2D eigenvalue weighted by molar-refractivity contribution is -0.384. The van der Waals surface area contributed by atoms with Crippen molar-refractivity contribution in [2.75, 3.05) is 18.0 Å². The van der Waals surface area contributed by atoms with Crippen molar-refractivity contribution in [3.05, 3.63) is 32.8 Å². The molecule has 1 aliphatic rings. The molecule has 0 radical (unpaired) electrons. The second-order valence-electron chi connectivity index (χ2n) is 5.26. The summed E-state index contributed by atoms with van der Waals surface area (Å²) < 4.78 is 38.6. The van der Waals surface area contributed by atoms with Gasteiger partial charge in [-0.3, -0.25) is 14.9 Å². The van der Waals surface area contributed by atoms with E-state index in [0.717, 1.165) is 6.07 Å². The first-order chi connectivity index (χ1) is 10.6. The summed E-state index contributed by atoms with van der Waals surface area (Å²) in [7, 11) is 0. The van der Waals surface area contributed by atoms with Crippen LogP contribution in [-0.4, -0.2) is 23.9 Å². The zero-order valence-corrected chi connectivity index (χ0v) is 12.5. The van der Waals surface area contributed by atoms with Gasteiger partial charge in [0.05, 0.1) is 21.4 Å². The fourth-order valence-electron chi connectivity index (χ4n) is 2.60. The third-order valence-corrected chi connectivity index (χ3v) is 4.04. The molecule has 0 bridgehead atoms. The number of halogens is 4. The van der Waals surface area contributed by atoms with Gasteiger partial charge in [0.2, 0.25) is 5.91 Å². The van der Waals surface area contributed by atoms with Gasteiger partial charge < -0.3 is 10.6 Å². The molecule has 1 unspecified atom stereocenters. The Bertz CT molecular complexity index is 651. The molecule has 1 fully saturated rings. The summed E-state index contributed by atoms with van der Waals surface area (Å²) in [6, 6.07) is 1.34. The van der Waals surface area contributed by atoms with E-state index in [0.29, 0.717) is 25.5 Å². The Morgan fingerprint density at radius 1 is 1.43 bits per heavy atom. The van der Waals surface area contributed by atoms with Gasteiger partial charge in [-0.2, -0.15) is 13.2 Å². The zero-order valence-electron chi connectivity index (χ0n) is 11.8. The Kier molecular flexibility index (Phi) is 4.69. The van der Waals surface area contributed by atoms with E-state index in [-0.39, 0.29) is 12.2 Å². The third-order valence-electron chi connectivity index (χ3n) is 3.73. The largest absolute Gasteiger partial charge is 0.418 e. The summed E-state index contributed by atoms with van der Waals surface area (Å²) in [5.74, 6) is -1.06. The molecule has 2 N–H and O–H groups in total. The molecule has 0 aliphatic carbocycles. The molecule has 1 heterocycles. The standard InChI is InChI=1S/C13H13ClF3N3O3/c14-9-5-10(19-3-1-2-7(6-19)12(18)21)11(20(22)23)4-8(9)13(15,16)17/h4-5,7H,1-3,6H2,(H2,18,21). The van der Waals surface area contributed by atoms with Gasteiger partial charge in [-0.15, -0.1) is 0 Å². The van der Waals surface area contributed by atoms with E-state index in [1.54, 1.807) is 0 Å². The Balaban J connectivity index is 2.47. The molecular formula is C13H13ClF3N3O3. The lowest BCUT2D eigenvalue weighted by Gasteiger charge is -2.32. The maximum Gasteiger partial charge on any atom is 0.418 e. The first kappa shape index (κ1) is 17.3. The number of carbonyl (C=O) groups is 1. The van der Waals surface area contributed by atoms with E-state index in [9.17, 15) is 28.1 Å². The Morgan fingerprint density at radius 3 is 2.61 bits per heavy atom. The molecule has 0 aromatic heterocycles. The van der Waals surface area contributed by atoms with E-state index in [4.69, 9.17) is 17.3 Å². The van der Waals surface area contributed by atoms with E-state index in [1.165, 1.54) is 4.90 Å². The number of hydrogen-bond donors (Lipinski definition) is 1. The van der Waals surface area contributed by atoms with Gasteiger partial charge in [-0.1, -0.05) is 11.6 Å². The first-order valence-corrected chi connectivity index (χ1v) is 7.08. The number of benzene rings is 1. The monoisotopic (exact) mass is 351 g/mol. The number of amides is 1. The van der Waals surface area contributed by atoms with Gasteiger partial charge >= 0.3 is 6.18 Å². The highest BCUT2D eigenvalue weighted by Crippen LogP contribution is 2.42. The summed E-state index contributed by atoms with van der Waals surface area (Å²) in [6.07, 6.45) is -3.71. The number of piperidine rings is 1. The Labute approximate surface area is 134 Å². The number of carbonyl (C=O) groups excluding carboxylic acids is 1. The maximum atomic E-state index is 12.9. The van der Waals surface area contributed by atoms with E-state index in [2.05, 4.69) is 0 Å². The van der Waals surface area contributed by atoms with Crippen LogP contribution in [0.25, 0.3) is 0 Å². The van der Waals surface area contributed by atoms with Gasteiger partial charge in [0, 0.05) is 19.2 Å². The topological polar surface area (TPSA) is 89.5 Å². The van der Waals surface area contributed by atoms with E-state index in [1.807, 2.05) is 0 Å². The van der Waals surface area contributed by atoms with Crippen LogP contribution in [0.2, 0.25) is 5.02 Å². The molecule has 6 nitrogen and oxygen atoms in total. The van der Waals surface area contributed by atoms with Crippen molar-refractivity contribution in [1.29, 1.82) is 0 Å². The van der Waals surface area contributed by atoms with Crippen LogP contribution in [0.15, 0.2) is 12.1 Å². The first-order valence-electron chi connectivity index (χ1n) is 6.70. The van der Waals surface area contributed by atoms with Crippen molar-refractivity contribution >= 4 is 28.9 Å². The molecule has 23 heavy (non-hydrogen) atoms. The SMILES string of the molecule is NC(=O)C1CCCN(c2cc(Cl)c(C(F)(F)F)cc2[N+](=O)[O-])C1. The van der Waals surface area contributed by atoms with E-state index < -0.39 is 39.2 Å². The molecule has 1 aromatic carbocycles. The Hall–Kier alpha value is -2.03. The highest BCUT2D eigenvalue weighted by molar-refractivity contribution is 6.31. The number of nitrogens with two attached hydrogens (primary N) is 1. The minimum absolute atomic E-state index is 0.0426. The van der Waals surface area contributed by atoms with Crippen LogP contribution in [0.4, 0.5) is 24.5 Å². The Morgan fingerprint density at radius 2 is 2.09 bits per heavy atom. The lowest BCUT2D eigenvalue weighted by Crippen LogP contribution is -2.41. The van der Waals surface area contributed by atoms with Crippen molar-refractivity contribution in [1.82, 2.24) is 0 Å². The van der Waals surface area contributed by atoms with Crippen LogP contribution in [0.1, 0.15) is 18.4 Å². The molecule has 2 rings (SSSR count). The average Bonchev–Trinajstić information content (AvgIpc) is 2.45. The van der Waals surface area contributed by atoms with Crippen LogP contribution in [0, 0.1) is 16.0 Å². The van der Waals surface area contributed by atoms with Crippen LogP contribution in [0.5, 0.6) is 0 Å². The second kappa shape index (κ2) is 6.23. The predicted octanol–water partition coefficient (Wildman–Crippen LogP) is 2.97. The van der Waals surface area contributed by atoms with Gasteiger partial charge in [0.25, 0.3) is 5.69 Å². The molecule has 1 aromatic rings. The predicted molar refractivity (Wildman–Crippen MR) is 77.2 cm³/mol. The number of nitro groups is 1. The van der Waals surface area contributed by atoms with Crippen LogP contribution in [-0.2, 0) is 11.0 Å². The summed E-state index contributed by atoms with van der Waals surface area (Å²) in [5.41, 5.74) is 3.23. The fourth-order valence-corrected chi connectivity index (χ4v) is 2.86. The number of hydrogen-bond acceptors (Lipinski definition) is 4. The van der Waals surface area contributed by atoms with Crippen LogP contribution < -0.4 is 10.6 Å².